The van der Waals surface area contributed by atoms with Gasteiger partial charge in [-0.05, 0) is 32.4 Å². The molecule has 0 radical (unpaired) electrons. The summed E-state index contributed by atoms with van der Waals surface area (Å²) in [4.78, 5) is 11.5. The van der Waals surface area contributed by atoms with E-state index >= 15 is 0 Å². The number of aromatic nitrogens is 4. The number of rotatable bonds is 4. The highest BCUT2D eigenvalue weighted by Gasteiger charge is 2.25. The first-order chi connectivity index (χ1) is 10.5. The molecule has 2 aromatic heterocycles. The molecule has 1 fully saturated rings. The van der Waals surface area contributed by atoms with Crippen molar-refractivity contribution >= 4 is 0 Å². The lowest BCUT2D eigenvalue weighted by atomic mass is 10.2. The molecule has 3 rings (SSSR count). The molecule has 0 unspecified atom stereocenters. The molecule has 1 atom stereocenters. The van der Waals surface area contributed by atoms with Gasteiger partial charge in [0.25, 0.3) is 0 Å². The van der Waals surface area contributed by atoms with Crippen LogP contribution in [0.3, 0.4) is 0 Å². The van der Waals surface area contributed by atoms with Gasteiger partial charge in [-0.15, -0.1) is 0 Å². The van der Waals surface area contributed by atoms with Gasteiger partial charge in [0.05, 0.1) is 17.4 Å². The third-order valence-corrected chi connectivity index (χ3v) is 4.27. The molecule has 5 nitrogen and oxygen atoms in total. The van der Waals surface area contributed by atoms with Gasteiger partial charge >= 0.3 is 0 Å². The largest absolute Gasteiger partial charge is 0.295 e. The van der Waals surface area contributed by atoms with Gasteiger partial charge in [0, 0.05) is 37.4 Å². The van der Waals surface area contributed by atoms with Gasteiger partial charge in [0.1, 0.15) is 5.82 Å². The summed E-state index contributed by atoms with van der Waals surface area (Å²) in [5, 5.41) is 4.64. The Morgan fingerprint density at radius 2 is 2.14 bits per heavy atom. The molecule has 0 spiro atoms. The summed E-state index contributed by atoms with van der Waals surface area (Å²) in [6.45, 7) is 11.5. The number of nitrogens with zero attached hydrogens (tertiary/aromatic N) is 5. The lowest BCUT2D eigenvalue weighted by Crippen LogP contribution is -2.23. The summed E-state index contributed by atoms with van der Waals surface area (Å²) in [7, 11) is 0. The zero-order chi connectivity index (χ0) is 15.7. The molecule has 1 aliphatic heterocycles. The topological polar surface area (TPSA) is 46.8 Å². The van der Waals surface area contributed by atoms with Gasteiger partial charge in [-0.3, -0.25) is 9.58 Å². The Labute approximate surface area is 132 Å². The second kappa shape index (κ2) is 6.16. The average Bonchev–Trinajstić information content (AvgIpc) is 3.05. The highest BCUT2D eigenvalue weighted by Crippen LogP contribution is 2.24. The highest BCUT2D eigenvalue weighted by atomic mass is 15.3. The van der Waals surface area contributed by atoms with Crippen molar-refractivity contribution in [1.29, 1.82) is 0 Å². The predicted octanol–water partition coefficient (Wildman–Crippen LogP) is 2.86. The third kappa shape index (κ3) is 3.19. The van der Waals surface area contributed by atoms with Gasteiger partial charge in [-0.1, -0.05) is 13.8 Å². The summed E-state index contributed by atoms with van der Waals surface area (Å²) in [5.41, 5.74) is 3.48. The van der Waals surface area contributed by atoms with Crippen LogP contribution in [0.2, 0.25) is 0 Å². The van der Waals surface area contributed by atoms with Crippen LogP contribution in [-0.4, -0.2) is 37.7 Å². The minimum absolute atomic E-state index is 0.376. The first-order valence-corrected chi connectivity index (χ1v) is 8.10. The zero-order valence-electron chi connectivity index (χ0n) is 14.0. The first-order valence-electron chi connectivity index (χ1n) is 8.10. The molecule has 118 valence electrons. The summed E-state index contributed by atoms with van der Waals surface area (Å²) < 4.78 is 2.19. The summed E-state index contributed by atoms with van der Waals surface area (Å²) >= 11 is 0. The van der Waals surface area contributed by atoms with E-state index in [9.17, 15) is 0 Å². The second-order valence-electron chi connectivity index (χ2n) is 6.61. The third-order valence-electron chi connectivity index (χ3n) is 4.27. The van der Waals surface area contributed by atoms with Crippen LogP contribution in [0.4, 0.5) is 0 Å². The van der Waals surface area contributed by atoms with E-state index in [0.717, 1.165) is 43.3 Å². The van der Waals surface area contributed by atoms with E-state index in [0.29, 0.717) is 12.0 Å². The molecule has 0 saturated carbocycles. The molecule has 0 aromatic carbocycles. The van der Waals surface area contributed by atoms with Gasteiger partial charge in [-0.2, -0.15) is 5.10 Å². The van der Waals surface area contributed by atoms with Gasteiger partial charge < -0.3 is 0 Å². The van der Waals surface area contributed by atoms with Gasteiger partial charge in [0.2, 0.25) is 0 Å². The van der Waals surface area contributed by atoms with Crippen molar-refractivity contribution in [2.75, 3.05) is 13.1 Å². The van der Waals surface area contributed by atoms with Crippen molar-refractivity contribution in [2.45, 2.75) is 52.6 Å². The van der Waals surface area contributed by atoms with E-state index in [1.54, 1.807) is 0 Å². The number of likely N-dealkylation sites (tertiary alicyclic amines) is 1. The van der Waals surface area contributed by atoms with Crippen molar-refractivity contribution in [2.24, 2.45) is 0 Å². The van der Waals surface area contributed by atoms with Crippen molar-refractivity contribution in [1.82, 2.24) is 24.6 Å². The molecule has 2 aromatic rings. The summed E-state index contributed by atoms with van der Waals surface area (Å²) in [5.74, 6) is 1.31. The molecule has 0 N–H and O–H groups in total. The molecule has 1 aliphatic rings. The fourth-order valence-corrected chi connectivity index (χ4v) is 3.18. The minimum Gasteiger partial charge on any atom is -0.295 e. The molecule has 0 amide bonds. The number of aryl methyl sites for hydroxylation is 2. The maximum atomic E-state index is 4.68. The molecule has 5 heteroatoms. The van der Waals surface area contributed by atoms with E-state index in [1.807, 2.05) is 12.3 Å². The molecule has 0 aliphatic carbocycles. The van der Waals surface area contributed by atoms with Crippen molar-refractivity contribution in [3.8, 4) is 0 Å². The Balaban J connectivity index is 1.66. The molecular weight excluding hydrogens is 274 g/mol. The van der Waals surface area contributed by atoms with Crippen LogP contribution in [0.5, 0.6) is 0 Å². The van der Waals surface area contributed by atoms with Crippen LogP contribution in [0.1, 0.15) is 55.1 Å². The monoisotopic (exact) mass is 299 g/mol. The molecule has 22 heavy (non-hydrogen) atoms. The van der Waals surface area contributed by atoms with Crippen LogP contribution in [0.25, 0.3) is 0 Å². The van der Waals surface area contributed by atoms with E-state index < -0.39 is 0 Å². The standard InChI is InChI=1S/C17H25N5/c1-12(2)17-18-7-5-15(19-17)10-21-8-6-16(11-21)22-14(4)9-13(3)20-22/h5,7,9,12,16H,6,8,10-11H2,1-4H3/t16-/m1/s1. The number of hydrogen-bond donors (Lipinski definition) is 0. The van der Waals surface area contributed by atoms with E-state index in [4.69, 9.17) is 0 Å². The van der Waals surface area contributed by atoms with Crippen molar-refractivity contribution in [3.05, 3.63) is 41.2 Å². The van der Waals surface area contributed by atoms with E-state index in [2.05, 4.69) is 58.4 Å². The van der Waals surface area contributed by atoms with Crippen LogP contribution in [0, 0.1) is 13.8 Å². The Kier molecular flexibility index (Phi) is 4.25. The Morgan fingerprint density at radius 1 is 1.32 bits per heavy atom. The Bertz CT molecular complexity index is 646. The number of hydrogen-bond acceptors (Lipinski definition) is 4. The average molecular weight is 299 g/mol. The molecule has 1 saturated heterocycles. The fourth-order valence-electron chi connectivity index (χ4n) is 3.18. The Hall–Kier alpha value is -1.75. The lowest BCUT2D eigenvalue weighted by Gasteiger charge is -2.17. The normalized spacial score (nSPS) is 19.2. The maximum absolute atomic E-state index is 4.68. The molecule has 0 bridgehead atoms. The fraction of sp³-hybridized carbons (Fsp3) is 0.588. The van der Waals surface area contributed by atoms with E-state index in [1.165, 1.54) is 5.69 Å². The maximum Gasteiger partial charge on any atom is 0.131 e. The summed E-state index contributed by atoms with van der Waals surface area (Å²) in [6.07, 6.45) is 3.04. The second-order valence-corrected chi connectivity index (χ2v) is 6.61. The minimum atomic E-state index is 0.376. The van der Waals surface area contributed by atoms with Crippen LogP contribution < -0.4 is 0 Å². The smallest absolute Gasteiger partial charge is 0.131 e. The lowest BCUT2D eigenvalue weighted by molar-refractivity contribution is 0.306. The quantitative estimate of drug-likeness (QED) is 0.871. The van der Waals surface area contributed by atoms with Gasteiger partial charge in [0.15, 0.2) is 0 Å². The van der Waals surface area contributed by atoms with Gasteiger partial charge in [-0.25, -0.2) is 9.97 Å². The van der Waals surface area contributed by atoms with Crippen LogP contribution in [-0.2, 0) is 6.54 Å². The highest BCUT2D eigenvalue weighted by molar-refractivity contribution is 5.09. The molecule has 3 heterocycles. The summed E-state index contributed by atoms with van der Waals surface area (Å²) in [6, 6.07) is 4.67. The first kappa shape index (κ1) is 15.2. The van der Waals surface area contributed by atoms with Crippen molar-refractivity contribution < 1.29 is 0 Å². The van der Waals surface area contributed by atoms with E-state index in [-0.39, 0.29) is 0 Å². The zero-order valence-corrected chi connectivity index (χ0v) is 14.0. The van der Waals surface area contributed by atoms with Crippen LogP contribution >= 0.6 is 0 Å². The predicted molar refractivity (Wildman–Crippen MR) is 86.8 cm³/mol. The van der Waals surface area contributed by atoms with Crippen LogP contribution in [0.15, 0.2) is 18.3 Å². The Morgan fingerprint density at radius 3 is 2.82 bits per heavy atom. The van der Waals surface area contributed by atoms with Crippen molar-refractivity contribution in [3.63, 3.8) is 0 Å². The molecular formula is C17H25N5. The SMILES string of the molecule is Cc1cc(C)n([C@@H]2CCN(Cc3ccnc(C(C)C)n3)C2)n1.